The van der Waals surface area contributed by atoms with Crippen LogP contribution in [0.3, 0.4) is 0 Å². The van der Waals surface area contributed by atoms with Crippen molar-refractivity contribution in [1.29, 1.82) is 0 Å². The van der Waals surface area contributed by atoms with E-state index in [1.54, 1.807) is 35.3 Å². The van der Waals surface area contributed by atoms with Crippen LogP contribution >= 0.6 is 0 Å². The van der Waals surface area contributed by atoms with Crippen molar-refractivity contribution < 1.29 is 18.9 Å². The van der Waals surface area contributed by atoms with Gasteiger partial charge >= 0.3 is 5.69 Å². The molecule has 156 valence electrons. The standard InChI is InChI=1S/C22H18N4O5/c27-22(24-17-12-23-25(14-17)13-16-6-2-1-3-7-16)21-11-10-18(31-21)15-30-20-9-5-4-8-19(20)26(28)29/h1-12,14H,13,15H2,(H,24,27). The Balaban J connectivity index is 1.35. The van der Waals surface area contributed by atoms with Gasteiger partial charge in [0, 0.05) is 12.3 Å². The van der Waals surface area contributed by atoms with Gasteiger partial charge in [0.1, 0.15) is 12.4 Å². The van der Waals surface area contributed by atoms with E-state index in [1.165, 1.54) is 18.2 Å². The first kappa shape index (κ1) is 19.9. The van der Waals surface area contributed by atoms with Gasteiger partial charge in [0.2, 0.25) is 0 Å². The van der Waals surface area contributed by atoms with Crippen molar-refractivity contribution in [3.05, 3.63) is 106 Å². The van der Waals surface area contributed by atoms with Crippen LogP contribution in [-0.2, 0) is 13.2 Å². The molecule has 0 aliphatic rings. The molecule has 4 aromatic rings. The average Bonchev–Trinajstić information content (AvgIpc) is 3.43. The normalized spacial score (nSPS) is 10.6. The Morgan fingerprint density at radius 3 is 2.68 bits per heavy atom. The predicted molar refractivity (Wildman–Crippen MR) is 112 cm³/mol. The highest BCUT2D eigenvalue weighted by Gasteiger charge is 2.16. The summed E-state index contributed by atoms with van der Waals surface area (Å²) in [5.41, 5.74) is 1.49. The van der Waals surface area contributed by atoms with Gasteiger partial charge in [-0.3, -0.25) is 19.6 Å². The molecule has 0 saturated heterocycles. The SMILES string of the molecule is O=C(Nc1cnn(Cc2ccccc2)c1)c1ccc(COc2ccccc2[N+](=O)[O-])o1. The zero-order chi connectivity index (χ0) is 21.6. The van der Waals surface area contributed by atoms with Crippen LogP contribution in [0.25, 0.3) is 0 Å². The van der Waals surface area contributed by atoms with Gasteiger partial charge in [-0.05, 0) is 23.8 Å². The van der Waals surface area contributed by atoms with E-state index in [0.717, 1.165) is 5.56 Å². The lowest BCUT2D eigenvalue weighted by Gasteiger charge is -2.04. The van der Waals surface area contributed by atoms with Crippen molar-refractivity contribution in [2.45, 2.75) is 13.2 Å². The highest BCUT2D eigenvalue weighted by atomic mass is 16.6. The zero-order valence-electron chi connectivity index (χ0n) is 16.3. The zero-order valence-corrected chi connectivity index (χ0v) is 16.3. The van der Waals surface area contributed by atoms with Crippen molar-refractivity contribution in [1.82, 2.24) is 9.78 Å². The third-order valence-corrected chi connectivity index (χ3v) is 4.40. The first-order valence-electron chi connectivity index (χ1n) is 9.41. The van der Waals surface area contributed by atoms with E-state index in [4.69, 9.17) is 9.15 Å². The lowest BCUT2D eigenvalue weighted by Crippen LogP contribution is -2.10. The minimum Gasteiger partial charge on any atom is -0.479 e. The fourth-order valence-corrected chi connectivity index (χ4v) is 2.93. The van der Waals surface area contributed by atoms with Crippen LogP contribution in [0.1, 0.15) is 21.9 Å². The second kappa shape index (κ2) is 8.95. The fourth-order valence-electron chi connectivity index (χ4n) is 2.93. The molecule has 0 aliphatic carbocycles. The van der Waals surface area contributed by atoms with Crippen LogP contribution in [-0.4, -0.2) is 20.6 Å². The third kappa shape index (κ3) is 4.96. The molecule has 4 rings (SSSR count). The average molecular weight is 418 g/mol. The van der Waals surface area contributed by atoms with Gasteiger partial charge in [-0.25, -0.2) is 0 Å². The highest BCUT2D eigenvalue weighted by molar-refractivity contribution is 6.02. The number of rotatable bonds is 8. The fraction of sp³-hybridized carbons (Fsp3) is 0.0909. The van der Waals surface area contributed by atoms with E-state index in [9.17, 15) is 14.9 Å². The molecule has 0 spiro atoms. The quantitative estimate of drug-likeness (QED) is 0.338. The number of carbonyl (C=O) groups excluding carboxylic acids is 1. The van der Waals surface area contributed by atoms with Gasteiger partial charge in [0.25, 0.3) is 5.91 Å². The Morgan fingerprint density at radius 1 is 1.10 bits per heavy atom. The van der Waals surface area contributed by atoms with Gasteiger partial charge in [-0.2, -0.15) is 5.10 Å². The minimum atomic E-state index is -0.520. The second-order valence-corrected chi connectivity index (χ2v) is 6.65. The number of carbonyl (C=O) groups is 1. The first-order chi connectivity index (χ1) is 15.1. The number of aromatic nitrogens is 2. The number of benzene rings is 2. The largest absolute Gasteiger partial charge is 0.479 e. The summed E-state index contributed by atoms with van der Waals surface area (Å²) in [5.74, 6) is 0.150. The van der Waals surface area contributed by atoms with Crippen molar-refractivity contribution >= 4 is 17.3 Å². The Hall–Kier alpha value is -4.40. The summed E-state index contributed by atoms with van der Waals surface area (Å²) in [6.45, 7) is 0.539. The van der Waals surface area contributed by atoms with Crippen LogP contribution in [0.5, 0.6) is 5.75 Å². The summed E-state index contributed by atoms with van der Waals surface area (Å²) in [7, 11) is 0. The number of furan rings is 1. The summed E-state index contributed by atoms with van der Waals surface area (Å²) >= 11 is 0. The monoisotopic (exact) mass is 418 g/mol. The van der Waals surface area contributed by atoms with E-state index < -0.39 is 10.8 Å². The van der Waals surface area contributed by atoms with Crippen LogP contribution in [0.4, 0.5) is 11.4 Å². The van der Waals surface area contributed by atoms with Crippen LogP contribution in [0.2, 0.25) is 0 Å². The summed E-state index contributed by atoms with van der Waals surface area (Å²) in [5, 5.41) is 18.0. The highest BCUT2D eigenvalue weighted by Crippen LogP contribution is 2.27. The van der Waals surface area contributed by atoms with Crippen molar-refractivity contribution in [3.8, 4) is 5.75 Å². The van der Waals surface area contributed by atoms with E-state index in [0.29, 0.717) is 18.0 Å². The van der Waals surface area contributed by atoms with E-state index in [1.807, 2.05) is 30.3 Å². The molecule has 1 amide bonds. The topological polar surface area (TPSA) is 112 Å². The third-order valence-electron chi connectivity index (χ3n) is 4.40. The molecule has 2 aromatic carbocycles. The number of hydrogen-bond acceptors (Lipinski definition) is 6. The number of nitro groups is 1. The number of ether oxygens (including phenoxy) is 1. The molecule has 2 aromatic heterocycles. The van der Waals surface area contributed by atoms with Gasteiger partial charge < -0.3 is 14.5 Å². The summed E-state index contributed by atoms with van der Waals surface area (Å²) < 4.78 is 12.7. The van der Waals surface area contributed by atoms with Crippen molar-refractivity contribution in [2.75, 3.05) is 5.32 Å². The Labute approximate surface area is 177 Å². The van der Waals surface area contributed by atoms with Crippen molar-refractivity contribution in [2.24, 2.45) is 0 Å². The molecule has 9 nitrogen and oxygen atoms in total. The summed E-state index contributed by atoms with van der Waals surface area (Å²) in [6.07, 6.45) is 3.29. The second-order valence-electron chi connectivity index (χ2n) is 6.65. The van der Waals surface area contributed by atoms with E-state index >= 15 is 0 Å². The number of nitrogens with one attached hydrogen (secondary N) is 1. The molecule has 0 atom stereocenters. The van der Waals surface area contributed by atoms with E-state index in [-0.39, 0.29) is 23.8 Å². The van der Waals surface area contributed by atoms with Gasteiger partial charge in [-0.15, -0.1) is 0 Å². The van der Waals surface area contributed by atoms with Gasteiger partial charge in [-0.1, -0.05) is 42.5 Å². The van der Waals surface area contributed by atoms with Gasteiger partial charge in [0.05, 0.1) is 23.4 Å². The maximum atomic E-state index is 12.4. The molecule has 9 heteroatoms. The number of nitrogens with zero attached hydrogens (tertiary/aromatic N) is 3. The number of hydrogen-bond donors (Lipinski definition) is 1. The maximum absolute atomic E-state index is 12.4. The molecular formula is C22H18N4O5. The Kier molecular flexibility index (Phi) is 5.75. The van der Waals surface area contributed by atoms with E-state index in [2.05, 4.69) is 10.4 Å². The number of anilines is 1. The summed E-state index contributed by atoms with van der Waals surface area (Å²) in [6, 6.07) is 19.0. The smallest absolute Gasteiger partial charge is 0.310 e. The van der Waals surface area contributed by atoms with Crippen LogP contribution in [0, 0.1) is 10.1 Å². The minimum absolute atomic E-state index is 0.0485. The number of nitro benzene ring substituents is 1. The number of para-hydroxylation sites is 2. The molecule has 0 aliphatic heterocycles. The molecule has 0 bridgehead atoms. The Morgan fingerprint density at radius 2 is 1.87 bits per heavy atom. The summed E-state index contributed by atoms with van der Waals surface area (Å²) in [4.78, 5) is 23.0. The number of amides is 1. The maximum Gasteiger partial charge on any atom is 0.310 e. The van der Waals surface area contributed by atoms with Gasteiger partial charge in [0.15, 0.2) is 11.5 Å². The molecule has 0 unspecified atom stereocenters. The Bertz CT molecular complexity index is 1200. The molecule has 2 heterocycles. The molecule has 0 saturated carbocycles. The molecule has 0 radical (unpaired) electrons. The lowest BCUT2D eigenvalue weighted by atomic mass is 10.2. The molecular weight excluding hydrogens is 400 g/mol. The molecule has 1 N–H and O–H groups in total. The van der Waals surface area contributed by atoms with Crippen molar-refractivity contribution in [3.63, 3.8) is 0 Å². The van der Waals surface area contributed by atoms with Crippen LogP contribution in [0.15, 0.2) is 83.5 Å². The lowest BCUT2D eigenvalue weighted by molar-refractivity contribution is -0.386. The predicted octanol–water partition coefficient (Wildman–Crippen LogP) is 4.26. The van der Waals surface area contributed by atoms with Crippen LogP contribution < -0.4 is 10.1 Å². The first-order valence-corrected chi connectivity index (χ1v) is 9.41. The molecule has 0 fully saturated rings. The molecule has 31 heavy (non-hydrogen) atoms.